The third kappa shape index (κ3) is 3.69. The van der Waals surface area contributed by atoms with Gasteiger partial charge in [0.05, 0.1) is 11.0 Å². The molecule has 2 amide bonds. The molecule has 3 aromatic rings. The van der Waals surface area contributed by atoms with Gasteiger partial charge in [-0.15, -0.1) is 6.58 Å². The summed E-state index contributed by atoms with van der Waals surface area (Å²) in [7, 11) is 0. The summed E-state index contributed by atoms with van der Waals surface area (Å²) in [6.45, 7) is 4.52. The standard InChI is InChI=1S/C22H20N4O2S/c1-2-12-25-21(28)16(20(27)24-22(25)29)13-19-23-17-10-6-7-11-18(17)26(19)14-15-8-4-3-5-9-15/h2-11,16H,1,12-14H2,(H,24,27,29). The summed E-state index contributed by atoms with van der Waals surface area (Å²) in [4.78, 5) is 31.6. The van der Waals surface area contributed by atoms with E-state index in [-0.39, 0.29) is 24.0 Å². The third-order valence-electron chi connectivity index (χ3n) is 4.97. The van der Waals surface area contributed by atoms with E-state index in [4.69, 9.17) is 17.2 Å². The zero-order valence-corrected chi connectivity index (χ0v) is 16.6. The molecule has 1 fully saturated rings. The van der Waals surface area contributed by atoms with Crippen LogP contribution in [0.2, 0.25) is 0 Å². The molecule has 1 N–H and O–H groups in total. The van der Waals surface area contributed by atoms with Crippen LogP contribution in [0.25, 0.3) is 11.0 Å². The molecule has 1 saturated heterocycles. The van der Waals surface area contributed by atoms with Crippen molar-refractivity contribution in [3.8, 4) is 0 Å². The van der Waals surface area contributed by atoms with Crippen LogP contribution in [0, 0.1) is 5.92 Å². The van der Waals surface area contributed by atoms with E-state index in [0.29, 0.717) is 12.4 Å². The van der Waals surface area contributed by atoms with Crippen LogP contribution in [0.4, 0.5) is 0 Å². The lowest BCUT2D eigenvalue weighted by Crippen LogP contribution is -2.58. The third-order valence-corrected chi connectivity index (χ3v) is 5.29. The topological polar surface area (TPSA) is 67.2 Å². The van der Waals surface area contributed by atoms with Gasteiger partial charge < -0.3 is 9.88 Å². The smallest absolute Gasteiger partial charge is 0.242 e. The Labute approximate surface area is 173 Å². The SMILES string of the molecule is C=CCN1C(=O)C(Cc2nc3ccccc3n2Cc2ccccc2)C(=O)NC1=S. The predicted molar refractivity (Wildman–Crippen MR) is 115 cm³/mol. The summed E-state index contributed by atoms with van der Waals surface area (Å²) >= 11 is 5.13. The summed E-state index contributed by atoms with van der Waals surface area (Å²) in [6.07, 6.45) is 1.78. The van der Waals surface area contributed by atoms with Crippen molar-refractivity contribution in [2.24, 2.45) is 5.92 Å². The van der Waals surface area contributed by atoms with Gasteiger partial charge in [0.1, 0.15) is 11.7 Å². The molecule has 1 aliphatic heterocycles. The van der Waals surface area contributed by atoms with Crippen LogP contribution >= 0.6 is 12.2 Å². The van der Waals surface area contributed by atoms with Gasteiger partial charge in [-0.1, -0.05) is 48.5 Å². The highest BCUT2D eigenvalue weighted by molar-refractivity contribution is 7.80. The van der Waals surface area contributed by atoms with Gasteiger partial charge in [0, 0.05) is 19.5 Å². The summed E-state index contributed by atoms with van der Waals surface area (Å²) in [5, 5.41) is 2.75. The molecule has 0 spiro atoms. The number of fused-ring (bicyclic) bond motifs is 1. The average Bonchev–Trinajstić information content (AvgIpc) is 3.06. The lowest BCUT2D eigenvalue weighted by atomic mass is 10.00. The number of benzene rings is 2. The number of para-hydroxylation sites is 2. The van der Waals surface area contributed by atoms with Gasteiger partial charge in [0.25, 0.3) is 0 Å². The van der Waals surface area contributed by atoms with Gasteiger partial charge in [-0.25, -0.2) is 4.98 Å². The number of rotatable bonds is 6. The summed E-state index contributed by atoms with van der Waals surface area (Å²) < 4.78 is 2.07. The maximum absolute atomic E-state index is 12.9. The Bertz CT molecular complexity index is 1110. The molecule has 2 heterocycles. The van der Waals surface area contributed by atoms with Crippen LogP contribution < -0.4 is 5.32 Å². The zero-order chi connectivity index (χ0) is 20.4. The Morgan fingerprint density at radius 3 is 2.59 bits per heavy atom. The van der Waals surface area contributed by atoms with Crippen LogP contribution in [0.1, 0.15) is 11.4 Å². The Kier molecular flexibility index (Phi) is 5.22. The Morgan fingerprint density at radius 1 is 1.10 bits per heavy atom. The van der Waals surface area contributed by atoms with E-state index in [0.717, 1.165) is 16.6 Å². The molecule has 1 unspecified atom stereocenters. The number of carbonyl (C=O) groups excluding carboxylic acids is 2. The second kappa shape index (κ2) is 7.97. The molecular formula is C22H20N4O2S. The molecule has 7 heteroatoms. The van der Waals surface area contributed by atoms with Crippen molar-refractivity contribution in [3.05, 3.63) is 78.6 Å². The van der Waals surface area contributed by atoms with E-state index in [9.17, 15) is 9.59 Å². The first-order valence-corrected chi connectivity index (χ1v) is 9.74. The highest BCUT2D eigenvalue weighted by Crippen LogP contribution is 2.22. The molecule has 0 aliphatic carbocycles. The second-order valence-electron chi connectivity index (χ2n) is 6.88. The number of thiocarbonyl (C=S) groups is 1. The first kappa shape index (κ1) is 19.0. The summed E-state index contributed by atoms with van der Waals surface area (Å²) in [5.74, 6) is -0.904. The number of amides is 2. The first-order valence-electron chi connectivity index (χ1n) is 9.33. The number of nitrogens with one attached hydrogen (secondary N) is 1. The van der Waals surface area contributed by atoms with Crippen LogP contribution in [0.15, 0.2) is 67.3 Å². The summed E-state index contributed by atoms with van der Waals surface area (Å²) in [5.41, 5.74) is 2.92. The van der Waals surface area contributed by atoms with Gasteiger partial charge in [0.2, 0.25) is 11.8 Å². The minimum Gasteiger partial charge on any atom is -0.323 e. The minimum absolute atomic E-state index is 0.119. The molecule has 0 saturated carbocycles. The monoisotopic (exact) mass is 404 g/mol. The second-order valence-corrected chi connectivity index (χ2v) is 7.26. The van der Waals surface area contributed by atoms with E-state index < -0.39 is 11.8 Å². The van der Waals surface area contributed by atoms with Gasteiger partial charge >= 0.3 is 0 Å². The van der Waals surface area contributed by atoms with E-state index in [2.05, 4.69) is 16.5 Å². The van der Waals surface area contributed by atoms with Crippen LogP contribution in [-0.4, -0.2) is 37.9 Å². The maximum Gasteiger partial charge on any atom is 0.242 e. The quantitative estimate of drug-likeness (QED) is 0.390. The summed E-state index contributed by atoms with van der Waals surface area (Å²) in [6, 6.07) is 17.8. The lowest BCUT2D eigenvalue weighted by Gasteiger charge is -2.31. The molecule has 6 nitrogen and oxygen atoms in total. The molecule has 1 atom stereocenters. The number of hydrogen-bond donors (Lipinski definition) is 1. The van der Waals surface area contributed by atoms with Crippen molar-refractivity contribution in [1.82, 2.24) is 19.8 Å². The molecule has 29 heavy (non-hydrogen) atoms. The number of hydrogen-bond acceptors (Lipinski definition) is 4. The average molecular weight is 404 g/mol. The van der Waals surface area contributed by atoms with E-state index >= 15 is 0 Å². The van der Waals surface area contributed by atoms with Gasteiger partial charge in [0.15, 0.2) is 5.11 Å². The normalized spacial score (nSPS) is 16.9. The first-order chi connectivity index (χ1) is 14.1. The van der Waals surface area contributed by atoms with Crippen molar-refractivity contribution < 1.29 is 9.59 Å². The van der Waals surface area contributed by atoms with Crippen LogP contribution in [-0.2, 0) is 22.6 Å². The number of imidazole rings is 1. The Balaban J connectivity index is 1.71. The predicted octanol–water partition coefficient (Wildman–Crippen LogP) is 2.67. The van der Waals surface area contributed by atoms with E-state index in [1.165, 1.54) is 4.90 Å². The molecule has 0 bridgehead atoms. The largest absolute Gasteiger partial charge is 0.323 e. The molecule has 0 radical (unpaired) electrons. The van der Waals surface area contributed by atoms with Crippen molar-refractivity contribution in [1.29, 1.82) is 0 Å². The molecule has 1 aliphatic rings. The van der Waals surface area contributed by atoms with Gasteiger partial charge in [-0.05, 0) is 29.9 Å². The van der Waals surface area contributed by atoms with Crippen molar-refractivity contribution in [2.45, 2.75) is 13.0 Å². The fourth-order valence-corrected chi connectivity index (χ4v) is 3.81. The molecule has 4 rings (SSSR count). The molecule has 1 aromatic heterocycles. The number of carbonyl (C=O) groups is 2. The van der Waals surface area contributed by atoms with E-state index in [1.54, 1.807) is 6.08 Å². The van der Waals surface area contributed by atoms with Gasteiger partial charge in [-0.2, -0.15) is 0 Å². The fourth-order valence-electron chi connectivity index (χ4n) is 3.55. The van der Waals surface area contributed by atoms with Crippen LogP contribution in [0.5, 0.6) is 0 Å². The minimum atomic E-state index is -0.881. The molecule has 146 valence electrons. The molecular weight excluding hydrogens is 384 g/mol. The van der Waals surface area contributed by atoms with Crippen LogP contribution in [0.3, 0.4) is 0 Å². The van der Waals surface area contributed by atoms with Gasteiger partial charge in [-0.3, -0.25) is 14.5 Å². The van der Waals surface area contributed by atoms with Crippen molar-refractivity contribution in [2.75, 3.05) is 6.54 Å². The fraction of sp³-hybridized carbons (Fsp3) is 0.182. The van der Waals surface area contributed by atoms with Crippen molar-refractivity contribution >= 4 is 40.2 Å². The number of nitrogens with zero attached hydrogens (tertiary/aromatic N) is 3. The maximum atomic E-state index is 12.9. The highest BCUT2D eigenvalue weighted by Gasteiger charge is 2.39. The van der Waals surface area contributed by atoms with E-state index in [1.807, 2.05) is 54.6 Å². The zero-order valence-electron chi connectivity index (χ0n) is 15.7. The highest BCUT2D eigenvalue weighted by atomic mass is 32.1. The van der Waals surface area contributed by atoms with Crippen molar-refractivity contribution in [3.63, 3.8) is 0 Å². The molecule has 2 aromatic carbocycles. The number of aromatic nitrogens is 2. The Hall–Kier alpha value is -3.32. The Morgan fingerprint density at radius 2 is 1.83 bits per heavy atom. The lowest BCUT2D eigenvalue weighted by molar-refractivity contribution is -0.140.